The Morgan fingerprint density at radius 1 is 1.07 bits per heavy atom. The molecular formula is C19H16F3N3O4S. The van der Waals surface area contributed by atoms with E-state index in [-0.39, 0.29) is 17.1 Å². The Labute approximate surface area is 170 Å². The van der Waals surface area contributed by atoms with Crippen LogP contribution in [0.4, 0.5) is 18.9 Å². The first-order chi connectivity index (χ1) is 13.9. The quantitative estimate of drug-likeness (QED) is 0.791. The summed E-state index contributed by atoms with van der Waals surface area (Å²) in [6, 6.07) is 11.4. The molecule has 0 atom stereocenters. The van der Waals surface area contributed by atoms with E-state index in [1.54, 1.807) is 24.3 Å². The van der Waals surface area contributed by atoms with Gasteiger partial charge in [0, 0.05) is 18.3 Å². The van der Waals surface area contributed by atoms with Crippen LogP contribution in [-0.4, -0.2) is 37.8 Å². The molecule has 2 aromatic rings. The zero-order valence-corrected chi connectivity index (χ0v) is 16.6. The predicted octanol–water partition coefficient (Wildman–Crippen LogP) is 3.40. The first-order valence-corrected chi connectivity index (χ1v) is 9.89. The summed E-state index contributed by atoms with van der Waals surface area (Å²) in [6.07, 6.45) is -3.51. The summed E-state index contributed by atoms with van der Waals surface area (Å²) >= 11 is 0. The largest absolute Gasteiger partial charge is 0.573 e. The standard InChI is InChI=1S/C19H16F3N3O4S/c1-12-3-5-13(6-4-12)16-11-17(25(2)30(27,28)24-16)18(26)23-14-7-9-15(10-8-14)29-19(20,21)22/h3-11H,1-2H3,(H,23,26). The van der Waals surface area contributed by atoms with Crippen LogP contribution >= 0.6 is 0 Å². The molecule has 0 bridgehead atoms. The molecule has 0 saturated heterocycles. The SMILES string of the molecule is Cc1ccc(C2=NS(=O)(=O)N(C)C(C(=O)Nc3ccc(OC(F)(F)F)cc3)=C2)cc1. The van der Waals surface area contributed by atoms with E-state index in [4.69, 9.17) is 0 Å². The monoisotopic (exact) mass is 439 g/mol. The summed E-state index contributed by atoms with van der Waals surface area (Å²) in [7, 11) is -2.96. The summed E-state index contributed by atoms with van der Waals surface area (Å²) < 4.78 is 69.7. The van der Waals surface area contributed by atoms with Gasteiger partial charge in [0.1, 0.15) is 11.4 Å². The molecule has 3 rings (SSSR count). The number of nitrogens with one attached hydrogen (secondary N) is 1. The molecule has 7 nitrogen and oxygen atoms in total. The van der Waals surface area contributed by atoms with E-state index in [1.165, 1.54) is 25.3 Å². The summed E-state index contributed by atoms with van der Waals surface area (Å²) in [6.45, 7) is 1.87. The van der Waals surface area contributed by atoms with Crippen molar-refractivity contribution >= 4 is 27.5 Å². The minimum atomic E-state index is -4.83. The third-order valence-electron chi connectivity index (χ3n) is 4.10. The van der Waals surface area contributed by atoms with Crippen molar-refractivity contribution in [1.29, 1.82) is 0 Å². The number of carbonyl (C=O) groups is 1. The first kappa shape index (κ1) is 21.4. The van der Waals surface area contributed by atoms with Gasteiger partial charge in [0.25, 0.3) is 5.91 Å². The van der Waals surface area contributed by atoms with Crippen LogP contribution in [0, 0.1) is 6.92 Å². The van der Waals surface area contributed by atoms with Crippen LogP contribution in [0.15, 0.2) is 64.7 Å². The molecule has 1 aliphatic rings. The molecule has 0 unspecified atom stereocenters. The van der Waals surface area contributed by atoms with Crippen LogP contribution in [0.3, 0.4) is 0 Å². The van der Waals surface area contributed by atoms with Crippen molar-refractivity contribution in [2.75, 3.05) is 12.4 Å². The van der Waals surface area contributed by atoms with Gasteiger partial charge >= 0.3 is 16.6 Å². The zero-order chi connectivity index (χ0) is 22.1. The number of nitrogens with zero attached hydrogens (tertiary/aromatic N) is 2. The number of allylic oxidation sites excluding steroid dienone is 1. The van der Waals surface area contributed by atoms with E-state index in [2.05, 4.69) is 14.5 Å². The lowest BCUT2D eigenvalue weighted by Crippen LogP contribution is -2.35. The van der Waals surface area contributed by atoms with Crippen molar-refractivity contribution in [2.24, 2.45) is 4.40 Å². The second-order valence-corrected chi connectivity index (χ2v) is 7.97. The highest BCUT2D eigenvalue weighted by molar-refractivity contribution is 7.88. The number of carbonyl (C=O) groups excluding carboxylic acids is 1. The molecule has 158 valence electrons. The fraction of sp³-hybridized carbons (Fsp3) is 0.158. The molecule has 11 heteroatoms. The van der Waals surface area contributed by atoms with E-state index in [0.717, 1.165) is 22.0 Å². The number of amides is 1. The van der Waals surface area contributed by atoms with Gasteiger partial charge in [0.15, 0.2) is 0 Å². The van der Waals surface area contributed by atoms with Crippen LogP contribution in [0.5, 0.6) is 5.75 Å². The molecule has 0 aliphatic carbocycles. The van der Waals surface area contributed by atoms with Crippen molar-refractivity contribution in [3.63, 3.8) is 0 Å². The van der Waals surface area contributed by atoms with E-state index in [1.807, 2.05) is 6.92 Å². The lowest BCUT2D eigenvalue weighted by molar-refractivity contribution is -0.274. The minimum Gasteiger partial charge on any atom is -0.406 e. The minimum absolute atomic E-state index is 0.0900. The fourth-order valence-corrected chi connectivity index (χ4v) is 3.47. The number of anilines is 1. The second kappa shape index (κ2) is 7.82. The summed E-state index contributed by atoms with van der Waals surface area (Å²) in [5.41, 5.74) is 1.52. The molecule has 1 N–H and O–H groups in total. The third kappa shape index (κ3) is 4.98. The number of ether oxygens (including phenoxy) is 1. The molecule has 1 heterocycles. The molecule has 30 heavy (non-hydrogen) atoms. The predicted molar refractivity (Wildman–Crippen MR) is 104 cm³/mol. The van der Waals surface area contributed by atoms with E-state index < -0.39 is 28.2 Å². The molecule has 0 fully saturated rings. The van der Waals surface area contributed by atoms with Gasteiger partial charge in [-0.3, -0.25) is 4.79 Å². The average Bonchev–Trinajstić information content (AvgIpc) is 2.64. The van der Waals surface area contributed by atoms with Gasteiger partial charge in [0.05, 0.1) is 5.71 Å². The van der Waals surface area contributed by atoms with Crippen LogP contribution in [0.2, 0.25) is 0 Å². The zero-order valence-electron chi connectivity index (χ0n) is 15.8. The van der Waals surface area contributed by atoms with Gasteiger partial charge in [-0.05, 0) is 37.3 Å². The van der Waals surface area contributed by atoms with Crippen molar-refractivity contribution in [2.45, 2.75) is 13.3 Å². The van der Waals surface area contributed by atoms with Crippen LogP contribution in [-0.2, 0) is 15.0 Å². The molecule has 0 spiro atoms. The van der Waals surface area contributed by atoms with Gasteiger partial charge in [-0.2, -0.15) is 8.42 Å². The molecule has 0 radical (unpaired) electrons. The van der Waals surface area contributed by atoms with Gasteiger partial charge in [0.2, 0.25) is 0 Å². The molecule has 2 aromatic carbocycles. The van der Waals surface area contributed by atoms with Gasteiger partial charge < -0.3 is 10.1 Å². The number of likely N-dealkylation sites (N-methyl/N-ethyl adjacent to an activating group) is 1. The molecule has 0 saturated carbocycles. The second-order valence-electron chi connectivity index (χ2n) is 6.34. The van der Waals surface area contributed by atoms with E-state index in [0.29, 0.717) is 5.56 Å². The molecule has 1 amide bonds. The topological polar surface area (TPSA) is 88.1 Å². The maximum absolute atomic E-state index is 12.7. The van der Waals surface area contributed by atoms with Crippen LogP contribution in [0.1, 0.15) is 11.1 Å². The van der Waals surface area contributed by atoms with Crippen molar-refractivity contribution in [3.05, 3.63) is 71.4 Å². The van der Waals surface area contributed by atoms with Gasteiger partial charge in [-0.1, -0.05) is 29.8 Å². The van der Waals surface area contributed by atoms with E-state index in [9.17, 15) is 26.4 Å². The maximum Gasteiger partial charge on any atom is 0.573 e. The smallest absolute Gasteiger partial charge is 0.406 e. The number of alkyl halides is 3. The highest BCUT2D eigenvalue weighted by Gasteiger charge is 2.32. The van der Waals surface area contributed by atoms with Crippen LogP contribution < -0.4 is 10.1 Å². The summed E-state index contributed by atoms with van der Waals surface area (Å²) in [5, 5.41) is 2.45. The lowest BCUT2D eigenvalue weighted by atomic mass is 10.1. The van der Waals surface area contributed by atoms with Crippen molar-refractivity contribution < 1.29 is 31.1 Å². The maximum atomic E-state index is 12.7. The van der Waals surface area contributed by atoms with Crippen LogP contribution in [0.25, 0.3) is 0 Å². The average molecular weight is 439 g/mol. The molecule has 0 aromatic heterocycles. The number of hydrogen-bond donors (Lipinski definition) is 1. The number of hydrogen-bond acceptors (Lipinski definition) is 4. The fourth-order valence-electron chi connectivity index (χ4n) is 2.56. The Bertz CT molecular complexity index is 1120. The Balaban J connectivity index is 1.85. The number of halogens is 3. The highest BCUT2D eigenvalue weighted by atomic mass is 32.2. The molecule has 1 aliphatic heterocycles. The van der Waals surface area contributed by atoms with Crippen molar-refractivity contribution in [1.82, 2.24) is 4.31 Å². The van der Waals surface area contributed by atoms with Gasteiger partial charge in [-0.25, -0.2) is 4.31 Å². The van der Waals surface area contributed by atoms with Gasteiger partial charge in [-0.15, -0.1) is 17.6 Å². The number of aryl methyl sites for hydroxylation is 1. The highest BCUT2D eigenvalue weighted by Crippen LogP contribution is 2.25. The normalized spacial score (nSPS) is 15.8. The lowest BCUT2D eigenvalue weighted by Gasteiger charge is -2.23. The summed E-state index contributed by atoms with van der Waals surface area (Å²) in [5.74, 6) is -1.23. The van der Waals surface area contributed by atoms with E-state index >= 15 is 0 Å². The Morgan fingerprint density at radius 2 is 1.67 bits per heavy atom. The Kier molecular flexibility index (Phi) is 5.57. The number of rotatable bonds is 4. The Hall–Kier alpha value is -3.34. The first-order valence-electron chi connectivity index (χ1n) is 8.49. The Morgan fingerprint density at radius 3 is 2.23 bits per heavy atom. The summed E-state index contributed by atoms with van der Waals surface area (Å²) in [4.78, 5) is 12.7. The third-order valence-corrected chi connectivity index (χ3v) is 5.41. The van der Waals surface area contributed by atoms with Crippen molar-refractivity contribution in [3.8, 4) is 5.75 Å². The molecular weight excluding hydrogens is 423 g/mol. The number of benzene rings is 2.